The molecule has 0 amide bonds. The Bertz CT molecular complexity index is 669. The Morgan fingerprint density at radius 1 is 1.30 bits per heavy atom. The number of benzene rings is 1. The van der Waals surface area contributed by atoms with Crippen molar-refractivity contribution in [2.75, 3.05) is 6.54 Å². The van der Waals surface area contributed by atoms with Crippen LogP contribution in [0.5, 0.6) is 0 Å². The molecule has 1 aromatic heterocycles. The number of nitrogens with one attached hydrogen (secondary N) is 1. The molecule has 0 saturated heterocycles. The van der Waals surface area contributed by atoms with E-state index in [-0.39, 0.29) is 11.5 Å². The Balaban J connectivity index is 2.06. The lowest BCUT2D eigenvalue weighted by Crippen LogP contribution is -2.26. The second-order valence-electron chi connectivity index (χ2n) is 4.15. The van der Waals surface area contributed by atoms with Crippen LogP contribution in [0.25, 0.3) is 0 Å². The average Bonchev–Trinajstić information content (AvgIpc) is 2.91. The number of rotatable bonds is 6. The molecule has 1 aromatic carbocycles. The summed E-state index contributed by atoms with van der Waals surface area (Å²) in [6.07, 6.45) is 0.670. The first-order valence-corrected chi connectivity index (χ1v) is 9.10. The van der Waals surface area contributed by atoms with Gasteiger partial charge in [-0.05, 0) is 51.5 Å². The van der Waals surface area contributed by atoms with Crippen LogP contribution in [-0.2, 0) is 23.1 Å². The lowest BCUT2D eigenvalue weighted by atomic mass is 10.2. The number of aliphatic hydroxyl groups excluding tert-OH is 1. The van der Waals surface area contributed by atoms with E-state index in [0.717, 1.165) is 4.88 Å². The molecule has 2 rings (SSSR count). The normalized spacial score (nSPS) is 11.7. The maximum atomic E-state index is 12.2. The van der Waals surface area contributed by atoms with E-state index in [1.807, 2.05) is 17.5 Å². The molecule has 0 unspecified atom stereocenters. The van der Waals surface area contributed by atoms with Crippen molar-refractivity contribution in [3.8, 4) is 0 Å². The van der Waals surface area contributed by atoms with Gasteiger partial charge in [0.2, 0.25) is 10.0 Å². The number of thiophene rings is 1. The van der Waals surface area contributed by atoms with Gasteiger partial charge >= 0.3 is 0 Å². The van der Waals surface area contributed by atoms with Crippen LogP contribution in [0.3, 0.4) is 0 Å². The van der Waals surface area contributed by atoms with Crippen LogP contribution in [0.2, 0.25) is 0 Å². The highest BCUT2D eigenvalue weighted by Crippen LogP contribution is 2.23. The zero-order valence-electron chi connectivity index (χ0n) is 10.5. The van der Waals surface area contributed by atoms with Crippen LogP contribution in [0.15, 0.2) is 45.1 Å². The minimum absolute atomic E-state index is 0.120. The van der Waals surface area contributed by atoms with E-state index in [0.29, 0.717) is 23.0 Å². The first-order chi connectivity index (χ1) is 9.53. The first-order valence-electron chi connectivity index (χ1n) is 5.94. The van der Waals surface area contributed by atoms with Crippen LogP contribution < -0.4 is 4.72 Å². The van der Waals surface area contributed by atoms with E-state index >= 15 is 0 Å². The van der Waals surface area contributed by atoms with Crippen LogP contribution in [0.1, 0.15) is 10.4 Å². The van der Waals surface area contributed by atoms with Gasteiger partial charge in [-0.15, -0.1) is 11.3 Å². The smallest absolute Gasteiger partial charge is 0.241 e. The monoisotopic (exact) mass is 375 g/mol. The summed E-state index contributed by atoms with van der Waals surface area (Å²) in [5, 5.41) is 11.0. The number of halogens is 1. The molecule has 0 radical (unpaired) electrons. The summed E-state index contributed by atoms with van der Waals surface area (Å²) in [5.74, 6) is 0. The molecule has 2 N–H and O–H groups in total. The molecule has 1 heterocycles. The third kappa shape index (κ3) is 3.89. The molecule has 0 aliphatic carbocycles. The summed E-state index contributed by atoms with van der Waals surface area (Å²) in [5.41, 5.74) is 0.661. The van der Waals surface area contributed by atoms with Gasteiger partial charge in [-0.3, -0.25) is 0 Å². The van der Waals surface area contributed by atoms with Crippen molar-refractivity contribution in [2.45, 2.75) is 17.9 Å². The van der Waals surface area contributed by atoms with Crippen molar-refractivity contribution in [1.29, 1.82) is 0 Å². The highest BCUT2D eigenvalue weighted by atomic mass is 79.9. The van der Waals surface area contributed by atoms with E-state index in [1.165, 1.54) is 6.07 Å². The summed E-state index contributed by atoms with van der Waals surface area (Å²) < 4.78 is 27.4. The van der Waals surface area contributed by atoms with Gasteiger partial charge in [-0.1, -0.05) is 12.1 Å². The topological polar surface area (TPSA) is 66.4 Å². The highest BCUT2D eigenvalue weighted by molar-refractivity contribution is 9.10. The number of hydrogen-bond acceptors (Lipinski definition) is 4. The van der Waals surface area contributed by atoms with Crippen molar-refractivity contribution in [1.82, 2.24) is 4.72 Å². The maximum Gasteiger partial charge on any atom is 0.241 e. The van der Waals surface area contributed by atoms with Crippen molar-refractivity contribution in [3.63, 3.8) is 0 Å². The number of hydrogen-bond donors (Lipinski definition) is 2. The molecule has 0 atom stereocenters. The largest absolute Gasteiger partial charge is 0.392 e. The van der Waals surface area contributed by atoms with Crippen LogP contribution in [-0.4, -0.2) is 20.1 Å². The molecule has 0 fully saturated rings. The molecule has 108 valence electrons. The van der Waals surface area contributed by atoms with Crippen molar-refractivity contribution in [2.24, 2.45) is 0 Å². The summed E-state index contributed by atoms with van der Waals surface area (Å²) in [6.45, 7) is 0.238. The van der Waals surface area contributed by atoms with Crippen LogP contribution in [0, 0.1) is 0 Å². The van der Waals surface area contributed by atoms with E-state index < -0.39 is 10.0 Å². The summed E-state index contributed by atoms with van der Waals surface area (Å²) >= 11 is 4.83. The van der Waals surface area contributed by atoms with E-state index in [1.54, 1.807) is 23.5 Å². The van der Waals surface area contributed by atoms with Crippen LogP contribution >= 0.6 is 27.3 Å². The Hall–Kier alpha value is -0.730. The predicted molar refractivity (Wildman–Crippen MR) is 83.3 cm³/mol. The minimum atomic E-state index is -3.54. The molecule has 20 heavy (non-hydrogen) atoms. The Morgan fingerprint density at radius 3 is 2.70 bits per heavy atom. The zero-order valence-corrected chi connectivity index (χ0v) is 13.8. The fourth-order valence-corrected chi connectivity index (χ4v) is 4.57. The van der Waals surface area contributed by atoms with E-state index in [4.69, 9.17) is 5.11 Å². The second kappa shape index (κ2) is 6.82. The van der Waals surface area contributed by atoms with Gasteiger partial charge < -0.3 is 5.11 Å². The first kappa shape index (κ1) is 15.7. The molecule has 7 heteroatoms. The molecular formula is C13H14BrNO3S2. The Kier molecular flexibility index (Phi) is 5.34. The third-order valence-electron chi connectivity index (χ3n) is 2.71. The minimum Gasteiger partial charge on any atom is -0.392 e. The lowest BCUT2D eigenvalue weighted by molar-refractivity contribution is 0.281. The van der Waals surface area contributed by atoms with Gasteiger partial charge in [0.05, 0.1) is 11.5 Å². The Morgan fingerprint density at radius 2 is 2.10 bits per heavy atom. The zero-order chi connectivity index (χ0) is 14.6. The quantitative estimate of drug-likeness (QED) is 0.814. The number of sulfonamides is 1. The van der Waals surface area contributed by atoms with Crippen molar-refractivity contribution < 1.29 is 13.5 Å². The van der Waals surface area contributed by atoms with Crippen molar-refractivity contribution in [3.05, 3.63) is 50.6 Å². The summed E-state index contributed by atoms with van der Waals surface area (Å²) in [4.78, 5) is 1.32. The van der Waals surface area contributed by atoms with Gasteiger partial charge in [0, 0.05) is 15.9 Å². The predicted octanol–water partition coefficient (Wildman–Crippen LogP) is 2.52. The molecule has 0 aliphatic rings. The van der Waals surface area contributed by atoms with E-state index in [9.17, 15) is 8.42 Å². The van der Waals surface area contributed by atoms with Gasteiger partial charge in [-0.2, -0.15) is 0 Å². The molecule has 0 aliphatic heterocycles. The molecule has 0 saturated carbocycles. The molecule has 2 aromatic rings. The number of aliphatic hydroxyl groups is 1. The average molecular weight is 376 g/mol. The van der Waals surface area contributed by atoms with Gasteiger partial charge in [0.15, 0.2) is 0 Å². The van der Waals surface area contributed by atoms with Gasteiger partial charge in [0.25, 0.3) is 0 Å². The van der Waals surface area contributed by atoms with Gasteiger partial charge in [-0.25, -0.2) is 13.1 Å². The molecule has 4 nitrogen and oxygen atoms in total. The summed E-state index contributed by atoms with van der Waals surface area (Å²) in [6, 6.07) is 8.61. The molecule has 0 bridgehead atoms. The molecule has 0 spiro atoms. The fraction of sp³-hybridized carbons (Fsp3) is 0.231. The Labute approximate surface area is 130 Å². The SMILES string of the molecule is O=S(=O)(NCCc1cccs1)c1ccc(CO)cc1Br. The van der Waals surface area contributed by atoms with Crippen LogP contribution in [0.4, 0.5) is 0 Å². The second-order valence-corrected chi connectivity index (χ2v) is 7.77. The maximum absolute atomic E-state index is 12.2. The third-order valence-corrected chi connectivity index (χ3v) is 6.09. The van der Waals surface area contributed by atoms with Gasteiger partial charge in [0.1, 0.15) is 0 Å². The van der Waals surface area contributed by atoms with E-state index in [2.05, 4.69) is 20.7 Å². The summed E-state index contributed by atoms with van der Waals surface area (Å²) in [7, 11) is -3.54. The fourth-order valence-electron chi connectivity index (χ4n) is 1.70. The highest BCUT2D eigenvalue weighted by Gasteiger charge is 2.17. The molecular weight excluding hydrogens is 362 g/mol. The standard InChI is InChI=1S/C13H14BrNO3S2/c14-12-8-10(9-16)3-4-13(12)20(17,18)15-6-5-11-2-1-7-19-11/h1-4,7-8,15-16H,5-6,9H2. The van der Waals surface area contributed by atoms with Crippen molar-refractivity contribution >= 4 is 37.3 Å². The lowest BCUT2D eigenvalue weighted by Gasteiger charge is -2.09.